The van der Waals surface area contributed by atoms with Gasteiger partial charge < -0.3 is 25.1 Å². The van der Waals surface area contributed by atoms with Crippen molar-refractivity contribution >= 4 is 17.3 Å². The minimum Gasteiger partial charge on any atom is -0.497 e. The van der Waals surface area contributed by atoms with E-state index in [0.717, 1.165) is 0 Å². The monoisotopic (exact) mass is 323 g/mol. The molecule has 0 spiro atoms. The van der Waals surface area contributed by atoms with Gasteiger partial charge in [0.15, 0.2) is 0 Å². The lowest BCUT2D eigenvalue weighted by molar-refractivity contribution is 0.0628. The van der Waals surface area contributed by atoms with Crippen LogP contribution in [0, 0.1) is 0 Å². The summed E-state index contributed by atoms with van der Waals surface area (Å²) in [5.41, 5.74) is 6.28. The van der Waals surface area contributed by atoms with Gasteiger partial charge in [-0.15, -0.1) is 0 Å². The summed E-state index contributed by atoms with van der Waals surface area (Å²) in [6.45, 7) is 0.163. The standard InChI is InChI=1S/C16H18ClNO4/c1-20-14-6-7-15(18)16(8-14)22-10-12(19)9-21-13-4-2-11(17)3-5-13/h2-8,12,19H,9-10,18H2,1H3. The molecule has 1 unspecified atom stereocenters. The lowest BCUT2D eigenvalue weighted by atomic mass is 10.3. The first-order valence-corrected chi connectivity index (χ1v) is 7.09. The predicted octanol–water partition coefficient (Wildman–Crippen LogP) is 2.75. The topological polar surface area (TPSA) is 73.9 Å². The first-order chi connectivity index (χ1) is 10.6. The molecule has 0 bridgehead atoms. The molecule has 22 heavy (non-hydrogen) atoms. The van der Waals surface area contributed by atoms with Crippen molar-refractivity contribution in [3.05, 3.63) is 47.5 Å². The number of methoxy groups -OCH3 is 1. The van der Waals surface area contributed by atoms with Crippen molar-refractivity contribution in [3.8, 4) is 17.2 Å². The highest BCUT2D eigenvalue weighted by Gasteiger charge is 2.09. The first kappa shape index (κ1) is 16.3. The zero-order valence-corrected chi connectivity index (χ0v) is 12.9. The number of benzene rings is 2. The Morgan fingerprint density at radius 2 is 1.68 bits per heavy atom. The zero-order valence-electron chi connectivity index (χ0n) is 12.2. The van der Waals surface area contributed by atoms with E-state index in [0.29, 0.717) is 28.0 Å². The van der Waals surface area contributed by atoms with Gasteiger partial charge in [0, 0.05) is 11.1 Å². The van der Waals surface area contributed by atoms with Crippen LogP contribution in [0.15, 0.2) is 42.5 Å². The van der Waals surface area contributed by atoms with E-state index < -0.39 is 6.10 Å². The molecule has 2 aromatic carbocycles. The number of ether oxygens (including phenoxy) is 3. The van der Waals surface area contributed by atoms with Crippen molar-refractivity contribution < 1.29 is 19.3 Å². The fourth-order valence-electron chi connectivity index (χ4n) is 1.72. The van der Waals surface area contributed by atoms with Gasteiger partial charge in [0.2, 0.25) is 0 Å². The normalized spacial score (nSPS) is 11.8. The van der Waals surface area contributed by atoms with E-state index in [1.165, 1.54) is 0 Å². The van der Waals surface area contributed by atoms with E-state index in [9.17, 15) is 5.11 Å². The third-order valence-corrected chi connectivity index (χ3v) is 3.16. The molecule has 3 N–H and O–H groups in total. The number of rotatable bonds is 7. The number of aliphatic hydroxyl groups excluding tert-OH is 1. The van der Waals surface area contributed by atoms with Crippen molar-refractivity contribution in [1.82, 2.24) is 0 Å². The summed E-state index contributed by atoms with van der Waals surface area (Å²) in [4.78, 5) is 0. The van der Waals surface area contributed by atoms with Gasteiger partial charge in [-0.25, -0.2) is 0 Å². The van der Waals surface area contributed by atoms with Crippen LogP contribution < -0.4 is 19.9 Å². The Balaban J connectivity index is 1.82. The number of aliphatic hydroxyl groups is 1. The van der Waals surface area contributed by atoms with Gasteiger partial charge in [-0.1, -0.05) is 11.6 Å². The molecule has 0 heterocycles. The second kappa shape index (κ2) is 7.77. The zero-order chi connectivity index (χ0) is 15.9. The Labute approximate surface area is 134 Å². The molecule has 0 aliphatic rings. The number of hydrogen-bond donors (Lipinski definition) is 2. The summed E-state index contributed by atoms with van der Waals surface area (Å²) < 4.78 is 16.0. The molecule has 0 radical (unpaired) electrons. The summed E-state index contributed by atoms with van der Waals surface area (Å²) in [7, 11) is 1.56. The molecule has 0 aliphatic carbocycles. The van der Waals surface area contributed by atoms with Crippen LogP contribution in [-0.4, -0.2) is 31.5 Å². The average Bonchev–Trinajstić information content (AvgIpc) is 2.53. The SMILES string of the molecule is COc1ccc(N)c(OCC(O)COc2ccc(Cl)cc2)c1. The molecule has 0 saturated carbocycles. The molecule has 5 nitrogen and oxygen atoms in total. The van der Waals surface area contributed by atoms with Gasteiger partial charge >= 0.3 is 0 Å². The molecule has 6 heteroatoms. The lowest BCUT2D eigenvalue weighted by Gasteiger charge is -2.15. The summed E-state index contributed by atoms with van der Waals surface area (Å²) in [6, 6.07) is 12.0. The highest BCUT2D eigenvalue weighted by atomic mass is 35.5. The van der Waals surface area contributed by atoms with Crippen LogP contribution in [0.3, 0.4) is 0 Å². The van der Waals surface area contributed by atoms with Gasteiger partial charge in [0.25, 0.3) is 0 Å². The molecule has 0 aliphatic heterocycles. The van der Waals surface area contributed by atoms with Gasteiger partial charge in [-0.2, -0.15) is 0 Å². The van der Waals surface area contributed by atoms with Crippen LogP contribution in [0.5, 0.6) is 17.2 Å². The summed E-state index contributed by atoms with van der Waals surface area (Å²) in [5.74, 6) is 1.73. The van der Waals surface area contributed by atoms with Gasteiger partial charge in [-0.3, -0.25) is 0 Å². The van der Waals surface area contributed by atoms with E-state index in [2.05, 4.69) is 0 Å². The fourth-order valence-corrected chi connectivity index (χ4v) is 1.85. The second-order valence-corrected chi connectivity index (χ2v) is 5.07. The van der Waals surface area contributed by atoms with Crippen molar-refractivity contribution in [2.45, 2.75) is 6.10 Å². The highest BCUT2D eigenvalue weighted by Crippen LogP contribution is 2.26. The fraction of sp³-hybridized carbons (Fsp3) is 0.250. The van der Waals surface area contributed by atoms with Crippen molar-refractivity contribution in [2.24, 2.45) is 0 Å². The quantitative estimate of drug-likeness (QED) is 0.766. The molecule has 2 aromatic rings. The Kier molecular flexibility index (Phi) is 5.75. The summed E-state index contributed by atoms with van der Waals surface area (Å²) in [5, 5.41) is 10.5. The first-order valence-electron chi connectivity index (χ1n) is 6.71. The highest BCUT2D eigenvalue weighted by molar-refractivity contribution is 6.30. The molecule has 2 rings (SSSR count). The minimum absolute atomic E-state index is 0.0605. The van der Waals surface area contributed by atoms with Gasteiger partial charge in [0.05, 0.1) is 12.8 Å². The third kappa shape index (κ3) is 4.72. The van der Waals surface area contributed by atoms with E-state index in [1.807, 2.05) is 0 Å². The maximum atomic E-state index is 9.90. The van der Waals surface area contributed by atoms with Crippen LogP contribution in [0.4, 0.5) is 5.69 Å². The van der Waals surface area contributed by atoms with Crippen LogP contribution in [0.1, 0.15) is 0 Å². The molecular weight excluding hydrogens is 306 g/mol. The second-order valence-electron chi connectivity index (χ2n) is 4.63. The Hall–Kier alpha value is -2.11. The van der Waals surface area contributed by atoms with Crippen LogP contribution >= 0.6 is 11.6 Å². The van der Waals surface area contributed by atoms with E-state index in [-0.39, 0.29) is 13.2 Å². The van der Waals surface area contributed by atoms with Crippen molar-refractivity contribution in [2.75, 3.05) is 26.1 Å². The molecule has 0 amide bonds. The number of halogens is 1. The van der Waals surface area contributed by atoms with Crippen LogP contribution in [-0.2, 0) is 0 Å². The van der Waals surface area contributed by atoms with Crippen LogP contribution in [0.25, 0.3) is 0 Å². The molecular formula is C16H18ClNO4. The maximum Gasteiger partial charge on any atom is 0.146 e. The molecule has 0 aromatic heterocycles. The minimum atomic E-state index is -0.790. The van der Waals surface area contributed by atoms with Crippen LogP contribution in [0.2, 0.25) is 5.02 Å². The lowest BCUT2D eigenvalue weighted by Crippen LogP contribution is -2.25. The van der Waals surface area contributed by atoms with Gasteiger partial charge in [-0.05, 0) is 36.4 Å². The molecule has 0 saturated heterocycles. The Morgan fingerprint density at radius 1 is 1.05 bits per heavy atom. The summed E-state index contributed by atoms with van der Waals surface area (Å²) >= 11 is 5.78. The van der Waals surface area contributed by atoms with Crippen molar-refractivity contribution in [3.63, 3.8) is 0 Å². The predicted molar refractivity (Wildman–Crippen MR) is 85.9 cm³/mol. The number of anilines is 1. The third-order valence-electron chi connectivity index (χ3n) is 2.91. The summed E-state index contributed by atoms with van der Waals surface area (Å²) in [6.07, 6.45) is -0.790. The van der Waals surface area contributed by atoms with E-state index >= 15 is 0 Å². The smallest absolute Gasteiger partial charge is 0.146 e. The molecule has 0 fully saturated rings. The largest absolute Gasteiger partial charge is 0.497 e. The maximum absolute atomic E-state index is 9.90. The number of nitrogen functional groups attached to an aromatic ring is 1. The van der Waals surface area contributed by atoms with Crippen molar-refractivity contribution in [1.29, 1.82) is 0 Å². The Morgan fingerprint density at radius 3 is 2.36 bits per heavy atom. The average molecular weight is 324 g/mol. The number of nitrogens with two attached hydrogens (primary N) is 1. The van der Waals surface area contributed by atoms with Gasteiger partial charge in [0.1, 0.15) is 36.6 Å². The molecule has 118 valence electrons. The Bertz CT molecular complexity index is 604. The molecule has 1 atom stereocenters. The van der Waals surface area contributed by atoms with E-state index in [1.54, 1.807) is 49.6 Å². The van der Waals surface area contributed by atoms with E-state index in [4.69, 9.17) is 31.5 Å². The number of hydrogen-bond acceptors (Lipinski definition) is 5.